The van der Waals surface area contributed by atoms with Crippen LogP contribution in [-0.4, -0.2) is 28.0 Å². The Morgan fingerprint density at radius 1 is 1.12 bits per heavy atom. The lowest BCUT2D eigenvalue weighted by molar-refractivity contribution is 0.0940. The second kappa shape index (κ2) is 9.07. The third kappa shape index (κ3) is 4.04. The van der Waals surface area contributed by atoms with Gasteiger partial charge in [-0.2, -0.15) is 0 Å². The van der Waals surface area contributed by atoms with Crippen molar-refractivity contribution in [3.05, 3.63) is 94.3 Å². The number of furan rings is 1. The minimum absolute atomic E-state index is 0.0360. The number of fused-ring (bicyclic) bond motifs is 3. The predicted octanol–water partition coefficient (Wildman–Crippen LogP) is 5.09. The molecule has 3 aromatic heterocycles. The van der Waals surface area contributed by atoms with Crippen LogP contribution in [0.4, 0.5) is 4.39 Å². The number of rotatable bonds is 6. The van der Waals surface area contributed by atoms with E-state index in [0.717, 1.165) is 5.56 Å². The van der Waals surface area contributed by atoms with Crippen LogP contribution in [0.3, 0.4) is 0 Å². The van der Waals surface area contributed by atoms with E-state index in [0.29, 0.717) is 34.3 Å². The van der Waals surface area contributed by atoms with Crippen molar-refractivity contribution in [2.24, 2.45) is 0 Å². The third-order valence-electron chi connectivity index (χ3n) is 5.37. The molecule has 34 heavy (non-hydrogen) atoms. The van der Waals surface area contributed by atoms with Gasteiger partial charge in [0.25, 0.3) is 5.91 Å². The van der Waals surface area contributed by atoms with Crippen LogP contribution in [-0.2, 0) is 13.0 Å². The number of methoxy groups -OCH3 is 1. The van der Waals surface area contributed by atoms with Gasteiger partial charge in [0.2, 0.25) is 11.5 Å². The number of hydrogen-bond acceptors (Lipinski definition) is 6. The summed E-state index contributed by atoms with van der Waals surface area (Å²) in [5.41, 5.74) is 3.01. The number of aromatic nitrogens is 3. The number of halogens is 2. The van der Waals surface area contributed by atoms with Crippen molar-refractivity contribution in [3.8, 4) is 5.75 Å². The van der Waals surface area contributed by atoms with Crippen LogP contribution in [0.2, 0.25) is 5.02 Å². The van der Waals surface area contributed by atoms with Crippen molar-refractivity contribution < 1.29 is 18.3 Å². The molecule has 0 radical (unpaired) electrons. The van der Waals surface area contributed by atoms with Crippen LogP contribution in [0, 0.1) is 5.82 Å². The first-order valence-corrected chi connectivity index (χ1v) is 10.8. The van der Waals surface area contributed by atoms with Crippen LogP contribution >= 0.6 is 11.6 Å². The first-order valence-electron chi connectivity index (χ1n) is 10.4. The lowest BCUT2D eigenvalue weighted by Gasteiger charge is -2.11. The average molecular weight is 477 g/mol. The molecule has 3 heterocycles. The van der Waals surface area contributed by atoms with E-state index in [9.17, 15) is 9.18 Å². The lowest BCUT2D eigenvalue weighted by atomic mass is 10.1. The zero-order valence-electron chi connectivity index (χ0n) is 18.0. The van der Waals surface area contributed by atoms with E-state index in [-0.39, 0.29) is 28.7 Å². The summed E-state index contributed by atoms with van der Waals surface area (Å²) in [7, 11) is 1.36. The van der Waals surface area contributed by atoms with Crippen molar-refractivity contribution in [2.75, 3.05) is 7.11 Å². The molecule has 0 aliphatic heterocycles. The van der Waals surface area contributed by atoms with Crippen molar-refractivity contribution in [2.45, 2.75) is 13.0 Å². The van der Waals surface area contributed by atoms with Gasteiger partial charge in [0.1, 0.15) is 5.52 Å². The minimum Gasteiger partial charge on any atom is -0.494 e. The quantitative estimate of drug-likeness (QED) is 0.367. The first kappa shape index (κ1) is 21.8. The second-order valence-electron chi connectivity index (χ2n) is 7.52. The van der Waals surface area contributed by atoms with Gasteiger partial charge in [0.05, 0.1) is 18.2 Å². The molecule has 0 aliphatic rings. The Bertz CT molecular complexity index is 1520. The predicted molar refractivity (Wildman–Crippen MR) is 125 cm³/mol. The number of ether oxygens (including phenoxy) is 1. The molecule has 0 fully saturated rings. The normalized spacial score (nSPS) is 11.1. The van der Waals surface area contributed by atoms with Crippen LogP contribution in [0.5, 0.6) is 5.75 Å². The largest absolute Gasteiger partial charge is 0.494 e. The van der Waals surface area contributed by atoms with E-state index in [4.69, 9.17) is 20.8 Å². The number of nitrogens with zero attached hydrogens (tertiary/aromatic N) is 3. The molecule has 0 saturated carbocycles. The molecule has 1 N–H and O–H groups in total. The van der Waals surface area contributed by atoms with Crippen molar-refractivity contribution in [1.29, 1.82) is 0 Å². The molecule has 2 aromatic carbocycles. The number of nitrogens with one attached hydrogen (secondary N) is 1. The highest BCUT2D eigenvalue weighted by molar-refractivity contribution is 6.31. The van der Waals surface area contributed by atoms with E-state index in [2.05, 4.69) is 20.3 Å². The summed E-state index contributed by atoms with van der Waals surface area (Å²) in [5, 5.41) is 3.50. The first-order chi connectivity index (χ1) is 16.5. The molecule has 0 spiro atoms. The standard InChI is InChI=1S/C25H18ClFN4O3/c1-33-19-10-9-17(26)16(20(19)27)13-29-24(32)23-30-18(12-14-6-3-2-4-7-14)22-21(31-23)15-8-5-11-28-25(15)34-22/h2-11H,12-13H2,1H3,(H,29,32). The maximum Gasteiger partial charge on any atom is 0.289 e. The molecule has 5 rings (SSSR count). The molecule has 0 unspecified atom stereocenters. The van der Waals surface area contributed by atoms with Gasteiger partial charge >= 0.3 is 0 Å². The molecule has 0 atom stereocenters. The number of carbonyl (C=O) groups is 1. The summed E-state index contributed by atoms with van der Waals surface area (Å²) in [6.45, 7) is -0.163. The molecular weight excluding hydrogens is 459 g/mol. The molecule has 5 aromatic rings. The molecule has 1 amide bonds. The van der Waals surface area contributed by atoms with Crippen LogP contribution in [0.25, 0.3) is 22.2 Å². The fourth-order valence-electron chi connectivity index (χ4n) is 3.69. The van der Waals surface area contributed by atoms with E-state index >= 15 is 0 Å². The monoisotopic (exact) mass is 476 g/mol. The Balaban J connectivity index is 1.53. The SMILES string of the molecule is COc1ccc(Cl)c(CNC(=O)c2nc(Cc3ccccc3)c3oc4ncccc4c3n2)c1F. The smallest absolute Gasteiger partial charge is 0.289 e. The Kier molecular flexibility index (Phi) is 5.81. The van der Waals surface area contributed by atoms with E-state index < -0.39 is 11.7 Å². The molecule has 0 saturated heterocycles. The zero-order chi connectivity index (χ0) is 23.7. The number of carbonyl (C=O) groups excluding carboxylic acids is 1. The van der Waals surface area contributed by atoms with Gasteiger partial charge in [-0.1, -0.05) is 41.9 Å². The van der Waals surface area contributed by atoms with Crippen molar-refractivity contribution in [3.63, 3.8) is 0 Å². The number of pyridine rings is 1. The van der Waals surface area contributed by atoms with E-state index in [1.54, 1.807) is 12.3 Å². The van der Waals surface area contributed by atoms with Crippen LogP contribution in [0.15, 0.2) is 65.2 Å². The molecule has 0 aliphatic carbocycles. The van der Waals surface area contributed by atoms with Gasteiger partial charge in [-0.25, -0.2) is 19.3 Å². The van der Waals surface area contributed by atoms with E-state index in [1.807, 2.05) is 36.4 Å². The Morgan fingerprint density at radius 2 is 1.94 bits per heavy atom. The summed E-state index contributed by atoms with van der Waals surface area (Å²) >= 11 is 6.13. The molecule has 0 bridgehead atoms. The van der Waals surface area contributed by atoms with Crippen LogP contribution in [0.1, 0.15) is 27.4 Å². The molecule has 9 heteroatoms. The number of hydrogen-bond donors (Lipinski definition) is 1. The van der Waals surface area contributed by atoms with Crippen molar-refractivity contribution in [1.82, 2.24) is 20.3 Å². The van der Waals surface area contributed by atoms with Crippen LogP contribution < -0.4 is 10.1 Å². The summed E-state index contributed by atoms with van der Waals surface area (Å²) in [5.74, 6) is -1.24. The topological polar surface area (TPSA) is 90.1 Å². The molecular formula is C25H18ClFN4O3. The van der Waals surface area contributed by atoms with E-state index in [1.165, 1.54) is 19.2 Å². The molecule has 170 valence electrons. The summed E-state index contributed by atoms with van der Waals surface area (Å²) in [6, 6.07) is 16.2. The highest BCUT2D eigenvalue weighted by atomic mass is 35.5. The number of benzene rings is 2. The lowest BCUT2D eigenvalue weighted by Crippen LogP contribution is -2.26. The Labute approximate surface area is 198 Å². The average Bonchev–Trinajstić information content (AvgIpc) is 3.23. The fraction of sp³-hybridized carbons (Fsp3) is 0.120. The molecule has 7 nitrogen and oxygen atoms in total. The Morgan fingerprint density at radius 3 is 2.74 bits per heavy atom. The Hall–Kier alpha value is -4.04. The maximum absolute atomic E-state index is 14.6. The maximum atomic E-state index is 14.6. The zero-order valence-corrected chi connectivity index (χ0v) is 18.8. The van der Waals surface area contributed by atoms with Gasteiger partial charge in [0.15, 0.2) is 17.1 Å². The fourth-order valence-corrected chi connectivity index (χ4v) is 3.90. The van der Waals surface area contributed by atoms with Gasteiger partial charge < -0.3 is 14.5 Å². The summed E-state index contributed by atoms with van der Waals surface area (Å²) < 4.78 is 25.5. The van der Waals surface area contributed by atoms with Gasteiger partial charge in [-0.05, 0) is 29.8 Å². The van der Waals surface area contributed by atoms with Gasteiger partial charge in [0, 0.05) is 29.7 Å². The van der Waals surface area contributed by atoms with Gasteiger partial charge in [-0.3, -0.25) is 4.79 Å². The van der Waals surface area contributed by atoms with Crippen molar-refractivity contribution >= 4 is 39.7 Å². The summed E-state index contributed by atoms with van der Waals surface area (Å²) in [6.07, 6.45) is 2.05. The third-order valence-corrected chi connectivity index (χ3v) is 5.73. The summed E-state index contributed by atoms with van der Waals surface area (Å²) in [4.78, 5) is 26.2. The highest BCUT2D eigenvalue weighted by Gasteiger charge is 2.21. The minimum atomic E-state index is -0.636. The highest BCUT2D eigenvalue weighted by Crippen LogP contribution is 2.29. The van der Waals surface area contributed by atoms with Gasteiger partial charge in [-0.15, -0.1) is 0 Å². The number of amides is 1. The second-order valence-corrected chi connectivity index (χ2v) is 7.92.